The van der Waals surface area contributed by atoms with Crippen LogP contribution in [0.2, 0.25) is 4.13 Å². The zero-order chi connectivity index (χ0) is 34.0. The van der Waals surface area contributed by atoms with Gasteiger partial charge in [-0.2, -0.15) is 0 Å². The van der Waals surface area contributed by atoms with Crippen molar-refractivity contribution in [2.45, 2.75) is 83.7 Å². The third-order valence-electron chi connectivity index (χ3n) is 13.2. The van der Waals surface area contributed by atoms with E-state index >= 15 is 0 Å². The van der Waals surface area contributed by atoms with Gasteiger partial charge in [-0.05, 0) is 0 Å². The van der Waals surface area contributed by atoms with Gasteiger partial charge >= 0.3 is 291 Å². The third kappa shape index (κ3) is 4.01. The average molecular weight is 706 g/mol. The van der Waals surface area contributed by atoms with Crippen molar-refractivity contribution < 1.29 is 18.3 Å². The Morgan fingerprint density at radius 3 is 1.94 bits per heavy atom. The van der Waals surface area contributed by atoms with E-state index in [1.807, 2.05) is 0 Å². The molecular formula is C47H50Zr. The molecule has 0 fully saturated rings. The number of benzene rings is 4. The molecule has 48 heavy (non-hydrogen) atoms. The van der Waals surface area contributed by atoms with Gasteiger partial charge in [-0.15, -0.1) is 0 Å². The number of hydrogen-bond donors (Lipinski definition) is 0. The molecule has 1 atom stereocenters. The van der Waals surface area contributed by atoms with Crippen LogP contribution in [0.3, 0.4) is 0 Å². The summed E-state index contributed by atoms with van der Waals surface area (Å²) in [5, 5.41) is 0. The zero-order valence-electron chi connectivity index (χ0n) is 30.4. The van der Waals surface area contributed by atoms with Crippen LogP contribution in [-0.4, -0.2) is 4.21 Å². The van der Waals surface area contributed by atoms with Crippen molar-refractivity contribution in [1.29, 1.82) is 0 Å². The molecule has 0 spiro atoms. The molecule has 0 radical (unpaired) electrons. The van der Waals surface area contributed by atoms with Gasteiger partial charge in [0.2, 0.25) is 0 Å². The van der Waals surface area contributed by atoms with Crippen molar-refractivity contribution in [2.75, 3.05) is 0 Å². The molecule has 1 heteroatoms. The van der Waals surface area contributed by atoms with Crippen molar-refractivity contribution in [3.8, 4) is 11.1 Å². The molecule has 0 saturated carbocycles. The van der Waals surface area contributed by atoms with Crippen molar-refractivity contribution in [2.24, 2.45) is 5.92 Å². The molecular weight excluding hydrogens is 656 g/mol. The normalized spacial score (nSPS) is 20.4. The molecule has 0 saturated heterocycles. The first-order valence-electron chi connectivity index (χ1n) is 18.1. The number of hydrogen-bond acceptors (Lipinski definition) is 0. The van der Waals surface area contributed by atoms with E-state index < -0.39 is 18.3 Å². The van der Waals surface area contributed by atoms with Crippen LogP contribution in [-0.2, 0) is 35.5 Å². The summed E-state index contributed by atoms with van der Waals surface area (Å²) in [6, 6.07) is 32.8. The number of fused-ring (bicyclic) bond motifs is 5. The Morgan fingerprint density at radius 2 is 1.31 bits per heavy atom. The maximum atomic E-state index is 5.74. The zero-order valence-corrected chi connectivity index (χ0v) is 32.9. The van der Waals surface area contributed by atoms with Crippen molar-refractivity contribution >= 4 is 24.2 Å². The van der Waals surface area contributed by atoms with E-state index in [1.54, 1.807) is 6.56 Å². The summed E-state index contributed by atoms with van der Waals surface area (Å²) in [5.41, 5.74) is 18.8. The Morgan fingerprint density at radius 1 is 0.729 bits per heavy atom. The molecule has 4 aromatic rings. The molecule has 0 heterocycles. The van der Waals surface area contributed by atoms with Gasteiger partial charge in [0.15, 0.2) is 0 Å². The molecule has 242 valence electrons. The van der Waals surface area contributed by atoms with Crippen molar-refractivity contribution in [1.82, 2.24) is 0 Å². The molecule has 8 rings (SSSR count). The Bertz CT molecular complexity index is 2260. The predicted octanol–water partition coefficient (Wildman–Crippen LogP) is 11.9. The second-order valence-electron chi connectivity index (χ2n) is 16.6. The minimum atomic E-state index is -4.53. The standard InChI is InChI=1S/C25H25.C13H13.C6H5.C2H5.CH2.Zr/c1-14-12-24(3,4)22-8-16-7-17-9-23-19(15(2)13-25(23,5)6)11-21(17)20(16)10-18(14)22;1-10-8-11(2)13(9-10)12-6-4-3-5-7-12;1-2-4-6-5-3-1;1-2;;/h8-12H,7H2,1-6H3;3-7,9-10H,1-2H3;1-5H;1H2,2H3;1H2;. The van der Waals surface area contributed by atoms with Gasteiger partial charge in [-0.1, -0.05) is 0 Å². The van der Waals surface area contributed by atoms with Crippen LogP contribution in [0, 0.1) is 5.92 Å². The van der Waals surface area contributed by atoms with Gasteiger partial charge in [-0.3, -0.25) is 0 Å². The van der Waals surface area contributed by atoms with Gasteiger partial charge < -0.3 is 0 Å². The molecule has 4 aromatic carbocycles. The summed E-state index contributed by atoms with van der Waals surface area (Å²) >= 11 is -4.53. The monoisotopic (exact) mass is 704 g/mol. The predicted molar refractivity (Wildman–Crippen MR) is 207 cm³/mol. The summed E-state index contributed by atoms with van der Waals surface area (Å²) in [5.74, 6) is 0.336. The van der Waals surface area contributed by atoms with Crippen LogP contribution in [0.5, 0.6) is 0 Å². The van der Waals surface area contributed by atoms with E-state index in [-0.39, 0.29) is 10.8 Å². The van der Waals surface area contributed by atoms with Crippen LogP contribution in [0.4, 0.5) is 0 Å². The van der Waals surface area contributed by atoms with Gasteiger partial charge in [0.25, 0.3) is 0 Å². The Labute approximate surface area is 289 Å². The van der Waals surface area contributed by atoms with Crippen molar-refractivity contribution in [3.63, 3.8) is 0 Å². The second kappa shape index (κ2) is 10.3. The first kappa shape index (κ1) is 31.8. The number of rotatable bonds is 5. The molecule has 0 aliphatic heterocycles. The maximum absolute atomic E-state index is 5.74. The first-order valence-corrected chi connectivity index (χ1v) is 25.2. The van der Waals surface area contributed by atoms with E-state index in [0.717, 1.165) is 10.5 Å². The van der Waals surface area contributed by atoms with Crippen molar-refractivity contribution in [3.05, 3.63) is 148 Å². The van der Waals surface area contributed by atoms with E-state index in [0.29, 0.717) is 5.92 Å². The van der Waals surface area contributed by atoms with Crippen LogP contribution < -0.4 is 3.27 Å². The summed E-state index contributed by atoms with van der Waals surface area (Å²) in [7, 11) is 0. The fourth-order valence-corrected chi connectivity index (χ4v) is 30.8. The van der Waals surface area contributed by atoms with Crippen LogP contribution in [0.25, 0.3) is 27.8 Å². The molecule has 0 aromatic heterocycles. The topological polar surface area (TPSA) is 0 Å². The first-order chi connectivity index (χ1) is 22.7. The van der Waals surface area contributed by atoms with Gasteiger partial charge in [0, 0.05) is 0 Å². The van der Waals surface area contributed by atoms with Gasteiger partial charge in [0.1, 0.15) is 0 Å². The second-order valence-corrected chi connectivity index (χ2v) is 30.6. The molecule has 4 aliphatic carbocycles. The molecule has 4 aliphatic rings. The van der Waals surface area contributed by atoms with Crippen LogP contribution >= 0.6 is 0 Å². The summed E-state index contributed by atoms with van der Waals surface area (Å²) < 4.78 is 11.6. The Kier molecular flexibility index (Phi) is 6.84. The summed E-state index contributed by atoms with van der Waals surface area (Å²) in [6.45, 7) is 21.8. The van der Waals surface area contributed by atoms with E-state index in [1.165, 1.54) is 75.6 Å². The Hall–Kier alpha value is -3.41. The third-order valence-corrected chi connectivity index (χ3v) is 31.9. The van der Waals surface area contributed by atoms with Gasteiger partial charge in [0.05, 0.1) is 0 Å². The van der Waals surface area contributed by atoms with E-state index in [9.17, 15) is 0 Å². The fourth-order valence-electron chi connectivity index (χ4n) is 11.3. The number of allylic oxidation sites excluding steroid dienone is 8. The SMILES string of the molecule is [CH2]=[Zr]([CH2]C)([C]1=C(C)C(c2ccccc2)=CC1C)([C]1=C(C)c2cc3c(cc2C1(C)C)Cc1cc2c(cc1-3)C(C)=CC2(C)C)[c]1ccccc1. The van der Waals surface area contributed by atoms with Crippen LogP contribution in [0.1, 0.15) is 101 Å². The quantitative estimate of drug-likeness (QED) is 0.171. The molecule has 0 amide bonds. The summed E-state index contributed by atoms with van der Waals surface area (Å²) in [4.78, 5) is 0. The Balaban J connectivity index is 1.38. The molecule has 0 nitrogen and oxygen atoms in total. The van der Waals surface area contributed by atoms with E-state index in [4.69, 9.17) is 4.21 Å². The fraction of sp³-hybridized carbons (Fsp3) is 0.298. The average Bonchev–Trinajstić information content (AvgIpc) is 3.71. The molecule has 0 N–H and O–H groups in total. The van der Waals surface area contributed by atoms with Gasteiger partial charge in [-0.25, -0.2) is 0 Å². The van der Waals surface area contributed by atoms with E-state index in [2.05, 4.69) is 159 Å². The minimum absolute atomic E-state index is 0.0942. The molecule has 1 unspecified atom stereocenters. The molecule has 0 bridgehead atoms. The van der Waals surface area contributed by atoms with Crippen LogP contribution in [0.15, 0.2) is 109 Å². The summed E-state index contributed by atoms with van der Waals surface area (Å²) in [6.07, 6.45) is 6.01.